The molecule has 2 rings (SSSR count). The summed E-state index contributed by atoms with van der Waals surface area (Å²) < 4.78 is 2.08. The van der Waals surface area contributed by atoms with Crippen molar-refractivity contribution in [2.24, 2.45) is 0 Å². The van der Waals surface area contributed by atoms with E-state index in [2.05, 4.69) is 42.0 Å². The minimum atomic E-state index is 0.568. The van der Waals surface area contributed by atoms with E-state index in [9.17, 15) is 0 Å². The Hall–Kier alpha value is -1.21. The molecule has 0 N–H and O–H groups in total. The van der Waals surface area contributed by atoms with Crippen LogP contribution < -0.4 is 0 Å². The van der Waals surface area contributed by atoms with Crippen LogP contribution in [-0.2, 0) is 5.88 Å². The van der Waals surface area contributed by atoms with Crippen molar-refractivity contribution in [3.63, 3.8) is 0 Å². The van der Waals surface area contributed by atoms with Crippen molar-refractivity contribution in [2.45, 2.75) is 12.8 Å². The predicted octanol–water partition coefficient (Wildman–Crippen LogP) is 3.52. The van der Waals surface area contributed by atoms with Crippen LogP contribution in [0.15, 0.2) is 42.7 Å². The van der Waals surface area contributed by atoms with E-state index in [4.69, 9.17) is 11.6 Å². The number of aromatic nitrogens is 1. The normalized spacial score (nSPS) is 10.4. The fourth-order valence-corrected chi connectivity index (χ4v) is 1.56. The lowest BCUT2D eigenvalue weighted by atomic mass is 10.2. The largest absolute Gasteiger partial charge is 0.324 e. The maximum Gasteiger partial charge on any atom is 0.0489 e. The fourth-order valence-electron chi connectivity index (χ4n) is 1.40. The topological polar surface area (TPSA) is 4.93 Å². The van der Waals surface area contributed by atoms with Crippen molar-refractivity contribution < 1.29 is 0 Å². The molecule has 0 saturated carbocycles. The Kier molecular flexibility index (Phi) is 2.60. The van der Waals surface area contributed by atoms with Crippen molar-refractivity contribution in [1.29, 1.82) is 0 Å². The first-order valence-electron chi connectivity index (χ1n) is 4.59. The van der Waals surface area contributed by atoms with Crippen LogP contribution in [-0.4, -0.2) is 4.57 Å². The SMILES string of the molecule is Cc1ccc(-n2ccc(CCl)c2)cc1. The van der Waals surface area contributed by atoms with Crippen molar-refractivity contribution in [1.82, 2.24) is 4.57 Å². The Bertz CT molecular complexity index is 414. The van der Waals surface area contributed by atoms with Crippen LogP contribution in [0.1, 0.15) is 11.1 Å². The molecule has 1 aromatic heterocycles. The number of halogens is 1. The average molecular weight is 206 g/mol. The number of benzene rings is 1. The Labute approximate surface area is 88.9 Å². The molecule has 1 nitrogen and oxygen atoms in total. The van der Waals surface area contributed by atoms with Crippen molar-refractivity contribution in [3.05, 3.63) is 53.9 Å². The summed E-state index contributed by atoms with van der Waals surface area (Å²) in [6.45, 7) is 2.09. The fraction of sp³-hybridized carbons (Fsp3) is 0.167. The summed E-state index contributed by atoms with van der Waals surface area (Å²) in [5.41, 5.74) is 3.60. The molecule has 0 atom stereocenters. The van der Waals surface area contributed by atoms with Crippen molar-refractivity contribution in [2.75, 3.05) is 0 Å². The lowest BCUT2D eigenvalue weighted by molar-refractivity contribution is 1.07. The predicted molar refractivity (Wildman–Crippen MR) is 60.1 cm³/mol. The van der Waals surface area contributed by atoms with Gasteiger partial charge in [-0.05, 0) is 30.7 Å². The second-order valence-corrected chi connectivity index (χ2v) is 3.66. The molecule has 0 aliphatic heterocycles. The van der Waals surface area contributed by atoms with Crippen molar-refractivity contribution in [3.8, 4) is 5.69 Å². The van der Waals surface area contributed by atoms with Gasteiger partial charge in [0, 0.05) is 24.0 Å². The first-order chi connectivity index (χ1) is 6.79. The lowest BCUT2D eigenvalue weighted by Gasteiger charge is -2.02. The van der Waals surface area contributed by atoms with E-state index >= 15 is 0 Å². The molecule has 0 aliphatic rings. The van der Waals surface area contributed by atoms with Gasteiger partial charge in [-0.3, -0.25) is 0 Å². The van der Waals surface area contributed by atoms with Crippen molar-refractivity contribution >= 4 is 11.6 Å². The quantitative estimate of drug-likeness (QED) is 0.662. The summed E-state index contributed by atoms with van der Waals surface area (Å²) in [5.74, 6) is 0.568. The van der Waals surface area contributed by atoms with Crippen LogP contribution in [0.4, 0.5) is 0 Å². The summed E-state index contributed by atoms with van der Waals surface area (Å²) in [4.78, 5) is 0. The zero-order valence-corrected chi connectivity index (χ0v) is 8.83. The summed E-state index contributed by atoms with van der Waals surface area (Å²) >= 11 is 5.74. The third-order valence-electron chi connectivity index (χ3n) is 2.24. The van der Waals surface area contributed by atoms with Gasteiger partial charge in [0.25, 0.3) is 0 Å². The van der Waals surface area contributed by atoms with E-state index in [-0.39, 0.29) is 0 Å². The number of aryl methyl sites for hydroxylation is 1. The average Bonchev–Trinajstić information content (AvgIpc) is 2.67. The second-order valence-electron chi connectivity index (χ2n) is 3.40. The monoisotopic (exact) mass is 205 g/mol. The molecule has 0 saturated heterocycles. The molecule has 0 fully saturated rings. The van der Waals surface area contributed by atoms with E-state index in [1.54, 1.807) is 0 Å². The Morgan fingerprint density at radius 1 is 1.14 bits per heavy atom. The number of hydrogen-bond donors (Lipinski definition) is 0. The molecule has 14 heavy (non-hydrogen) atoms. The summed E-state index contributed by atoms with van der Waals surface area (Å²) in [7, 11) is 0. The van der Waals surface area contributed by atoms with Crippen LogP contribution in [0.25, 0.3) is 5.69 Å². The van der Waals surface area contributed by atoms with Gasteiger partial charge >= 0.3 is 0 Å². The molecule has 0 radical (unpaired) electrons. The highest BCUT2D eigenvalue weighted by molar-refractivity contribution is 6.17. The lowest BCUT2D eigenvalue weighted by Crippen LogP contribution is -1.88. The Morgan fingerprint density at radius 2 is 1.86 bits per heavy atom. The summed E-state index contributed by atoms with van der Waals surface area (Å²) in [5, 5.41) is 0. The zero-order valence-electron chi connectivity index (χ0n) is 8.07. The van der Waals surface area contributed by atoms with Gasteiger partial charge in [0.05, 0.1) is 0 Å². The van der Waals surface area contributed by atoms with Crippen LogP contribution in [0.5, 0.6) is 0 Å². The number of rotatable bonds is 2. The second kappa shape index (κ2) is 3.89. The zero-order chi connectivity index (χ0) is 9.97. The van der Waals surface area contributed by atoms with E-state index in [1.165, 1.54) is 11.3 Å². The van der Waals surface area contributed by atoms with Gasteiger partial charge in [-0.15, -0.1) is 11.6 Å². The van der Waals surface area contributed by atoms with E-state index in [1.807, 2.05) is 12.3 Å². The van der Waals surface area contributed by atoms with Crippen LogP contribution in [0.3, 0.4) is 0 Å². The summed E-state index contributed by atoms with van der Waals surface area (Å²) in [6, 6.07) is 10.5. The molecule has 0 amide bonds. The Morgan fingerprint density at radius 3 is 2.43 bits per heavy atom. The minimum absolute atomic E-state index is 0.568. The third kappa shape index (κ3) is 1.83. The van der Waals surface area contributed by atoms with Gasteiger partial charge in [0.2, 0.25) is 0 Å². The first kappa shape index (κ1) is 9.35. The number of nitrogens with zero attached hydrogens (tertiary/aromatic N) is 1. The maximum absolute atomic E-state index is 5.74. The van der Waals surface area contributed by atoms with E-state index < -0.39 is 0 Å². The molecule has 72 valence electrons. The highest BCUT2D eigenvalue weighted by Gasteiger charge is 1.97. The van der Waals surface area contributed by atoms with Gasteiger partial charge in [0.15, 0.2) is 0 Å². The molecule has 0 unspecified atom stereocenters. The highest BCUT2D eigenvalue weighted by atomic mass is 35.5. The van der Waals surface area contributed by atoms with Gasteiger partial charge < -0.3 is 4.57 Å². The van der Waals surface area contributed by atoms with Crippen LogP contribution >= 0.6 is 11.6 Å². The molecule has 1 heterocycles. The molecular weight excluding hydrogens is 194 g/mol. The van der Waals surface area contributed by atoms with E-state index in [0.29, 0.717) is 5.88 Å². The maximum atomic E-state index is 5.74. The molecule has 2 heteroatoms. The Balaban J connectivity index is 2.34. The molecule has 1 aromatic carbocycles. The van der Waals surface area contributed by atoms with Crippen LogP contribution in [0.2, 0.25) is 0 Å². The molecule has 0 spiro atoms. The molecule has 0 aliphatic carbocycles. The first-order valence-corrected chi connectivity index (χ1v) is 5.13. The smallest absolute Gasteiger partial charge is 0.0489 e. The standard InChI is InChI=1S/C12H12ClN/c1-10-2-4-12(5-3-10)14-7-6-11(8-13)9-14/h2-7,9H,8H2,1H3. The van der Waals surface area contributed by atoms with Gasteiger partial charge in [0.1, 0.15) is 0 Å². The molecular formula is C12H12ClN. The third-order valence-corrected chi connectivity index (χ3v) is 2.55. The van der Waals surface area contributed by atoms with Gasteiger partial charge in [-0.25, -0.2) is 0 Å². The minimum Gasteiger partial charge on any atom is -0.324 e. The molecule has 2 aromatic rings. The molecule has 0 bridgehead atoms. The van der Waals surface area contributed by atoms with Gasteiger partial charge in [-0.1, -0.05) is 17.7 Å². The summed E-state index contributed by atoms with van der Waals surface area (Å²) in [6.07, 6.45) is 4.08. The number of alkyl halides is 1. The highest BCUT2D eigenvalue weighted by Crippen LogP contribution is 2.12. The van der Waals surface area contributed by atoms with Crippen LogP contribution in [0, 0.1) is 6.92 Å². The number of hydrogen-bond acceptors (Lipinski definition) is 0. The van der Waals surface area contributed by atoms with E-state index in [0.717, 1.165) is 5.56 Å². The van der Waals surface area contributed by atoms with Gasteiger partial charge in [-0.2, -0.15) is 0 Å².